The molecule has 0 atom stereocenters. The van der Waals surface area contributed by atoms with E-state index in [9.17, 15) is 13.2 Å². The Labute approximate surface area is 196 Å². The van der Waals surface area contributed by atoms with Gasteiger partial charge in [-0.15, -0.1) is 0 Å². The highest BCUT2D eigenvalue weighted by Crippen LogP contribution is 2.32. The third kappa shape index (κ3) is 5.80. The van der Waals surface area contributed by atoms with Crippen LogP contribution in [0.4, 0.5) is 0 Å². The van der Waals surface area contributed by atoms with Gasteiger partial charge in [0.15, 0.2) is 11.5 Å². The summed E-state index contributed by atoms with van der Waals surface area (Å²) >= 11 is 3.37. The molecule has 0 spiro atoms. The van der Waals surface area contributed by atoms with Crippen molar-refractivity contribution in [2.24, 2.45) is 0 Å². The number of carbonyl (C=O) groups is 1. The predicted molar refractivity (Wildman–Crippen MR) is 124 cm³/mol. The molecule has 0 saturated carbocycles. The molecule has 172 valence electrons. The summed E-state index contributed by atoms with van der Waals surface area (Å²) in [5.41, 5.74) is 1.96. The zero-order chi connectivity index (χ0) is 22.7. The Balaban J connectivity index is 1.31. The third-order valence-electron chi connectivity index (χ3n) is 5.62. The normalized spacial score (nSPS) is 16.5. The highest BCUT2D eigenvalue weighted by Gasteiger charge is 2.26. The van der Waals surface area contributed by atoms with Gasteiger partial charge >= 0.3 is 0 Å². The van der Waals surface area contributed by atoms with Gasteiger partial charge in [0, 0.05) is 43.7 Å². The van der Waals surface area contributed by atoms with Crippen molar-refractivity contribution in [2.75, 3.05) is 45.8 Å². The maximum absolute atomic E-state index is 12.9. The Kier molecular flexibility index (Phi) is 7.04. The van der Waals surface area contributed by atoms with Gasteiger partial charge in [-0.1, -0.05) is 34.1 Å². The molecular formula is C22H26BrN3O5S. The number of nitrogens with zero attached hydrogens (tertiary/aromatic N) is 3. The number of sulfonamides is 1. The Morgan fingerprint density at radius 1 is 1.00 bits per heavy atom. The monoisotopic (exact) mass is 523 g/mol. The lowest BCUT2D eigenvalue weighted by Crippen LogP contribution is -2.51. The van der Waals surface area contributed by atoms with E-state index < -0.39 is 10.0 Å². The van der Waals surface area contributed by atoms with Gasteiger partial charge in [-0.25, -0.2) is 8.42 Å². The largest absolute Gasteiger partial charge is 0.454 e. The van der Waals surface area contributed by atoms with E-state index in [2.05, 4.69) is 20.8 Å². The molecule has 0 unspecified atom stereocenters. The average Bonchev–Trinajstić information content (AvgIpc) is 3.22. The number of fused-ring (bicyclic) bond motifs is 1. The van der Waals surface area contributed by atoms with Gasteiger partial charge in [0.05, 0.1) is 12.8 Å². The van der Waals surface area contributed by atoms with Crippen molar-refractivity contribution in [3.8, 4) is 11.5 Å². The zero-order valence-electron chi connectivity index (χ0n) is 17.9. The van der Waals surface area contributed by atoms with Crippen LogP contribution in [0.25, 0.3) is 0 Å². The lowest BCUT2D eigenvalue weighted by Gasteiger charge is -2.35. The number of ether oxygens (including phenoxy) is 2. The van der Waals surface area contributed by atoms with Crippen molar-refractivity contribution >= 4 is 31.9 Å². The smallest absolute Gasteiger partial charge is 0.237 e. The number of rotatable bonds is 7. The van der Waals surface area contributed by atoms with Crippen LogP contribution in [0.1, 0.15) is 11.1 Å². The molecule has 8 nitrogen and oxygen atoms in total. The topological polar surface area (TPSA) is 79.4 Å². The van der Waals surface area contributed by atoms with E-state index in [4.69, 9.17) is 9.47 Å². The van der Waals surface area contributed by atoms with E-state index in [0.29, 0.717) is 13.1 Å². The quantitative estimate of drug-likeness (QED) is 0.553. The summed E-state index contributed by atoms with van der Waals surface area (Å²) in [5, 5.41) is 0. The second-order valence-corrected chi connectivity index (χ2v) is 10.9. The Morgan fingerprint density at radius 2 is 1.66 bits per heavy atom. The first-order valence-corrected chi connectivity index (χ1v) is 13.0. The number of carbonyl (C=O) groups excluding carboxylic acids is 1. The van der Waals surface area contributed by atoms with Gasteiger partial charge in [-0.2, -0.15) is 4.31 Å². The molecule has 1 amide bonds. The standard InChI is InChI=1S/C22H26BrN3O5S/c1-32(28,29)26(14-17-2-5-19(23)6-3-17)15-22(27)25-10-8-24(9-11-25)13-18-4-7-20-21(12-18)31-16-30-20/h2-7,12H,8-11,13-16H2,1H3. The minimum Gasteiger partial charge on any atom is -0.454 e. The van der Waals surface area contributed by atoms with Crippen LogP contribution in [0.2, 0.25) is 0 Å². The maximum Gasteiger partial charge on any atom is 0.237 e. The van der Waals surface area contributed by atoms with E-state index in [1.165, 1.54) is 4.31 Å². The average molecular weight is 524 g/mol. The van der Waals surface area contributed by atoms with Gasteiger partial charge in [-0.3, -0.25) is 9.69 Å². The molecule has 0 bridgehead atoms. The van der Waals surface area contributed by atoms with E-state index in [1.807, 2.05) is 42.5 Å². The van der Waals surface area contributed by atoms with Crippen LogP contribution in [0.3, 0.4) is 0 Å². The van der Waals surface area contributed by atoms with E-state index in [1.54, 1.807) is 4.90 Å². The molecule has 10 heteroatoms. The first kappa shape index (κ1) is 23.0. The molecule has 4 rings (SSSR count). The first-order valence-electron chi connectivity index (χ1n) is 10.4. The van der Waals surface area contributed by atoms with Crippen LogP contribution in [0.5, 0.6) is 11.5 Å². The summed E-state index contributed by atoms with van der Waals surface area (Å²) in [7, 11) is -3.52. The summed E-state index contributed by atoms with van der Waals surface area (Å²) in [6, 6.07) is 13.4. The van der Waals surface area contributed by atoms with E-state index in [0.717, 1.165) is 53.0 Å². The van der Waals surface area contributed by atoms with Crippen LogP contribution < -0.4 is 9.47 Å². The van der Waals surface area contributed by atoms with Crippen LogP contribution in [0.15, 0.2) is 46.9 Å². The van der Waals surface area contributed by atoms with Crippen LogP contribution >= 0.6 is 15.9 Å². The number of halogens is 1. The summed E-state index contributed by atoms with van der Waals surface area (Å²) < 4.78 is 37.5. The molecule has 1 fully saturated rings. The number of hydrogen-bond acceptors (Lipinski definition) is 6. The zero-order valence-corrected chi connectivity index (χ0v) is 20.3. The van der Waals surface area contributed by atoms with Crippen LogP contribution in [-0.4, -0.2) is 74.2 Å². The minimum absolute atomic E-state index is 0.156. The second-order valence-electron chi connectivity index (χ2n) is 8.00. The molecule has 2 aromatic carbocycles. The SMILES string of the molecule is CS(=O)(=O)N(CC(=O)N1CCN(Cc2ccc3c(c2)OCO3)CC1)Cc1ccc(Br)cc1. The van der Waals surface area contributed by atoms with Gasteiger partial charge in [0.25, 0.3) is 0 Å². The summed E-state index contributed by atoms with van der Waals surface area (Å²) in [6.45, 7) is 3.62. The van der Waals surface area contributed by atoms with E-state index in [-0.39, 0.29) is 25.8 Å². The number of benzene rings is 2. The van der Waals surface area contributed by atoms with Crippen molar-refractivity contribution in [3.63, 3.8) is 0 Å². The lowest BCUT2D eigenvalue weighted by atomic mass is 10.1. The Bertz CT molecular complexity index is 1070. The Hall–Kier alpha value is -2.14. The fourth-order valence-corrected chi connectivity index (χ4v) is 4.78. The van der Waals surface area contributed by atoms with Crippen LogP contribution in [-0.2, 0) is 27.9 Å². The molecule has 1 saturated heterocycles. The molecule has 0 aliphatic carbocycles. The second kappa shape index (κ2) is 9.78. The van der Waals surface area contributed by atoms with Crippen LogP contribution in [0, 0.1) is 0 Å². The molecule has 0 N–H and O–H groups in total. The number of amides is 1. The molecule has 0 radical (unpaired) electrons. The summed E-state index contributed by atoms with van der Waals surface area (Å²) in [5.74, 6) is 1.36. The lowest BCUT2D eigenvalue weighted by molar-refractivity contribution is -0.133. The highest BCUT2D eigenvalue weighted by molar-refractivity contribution is 9.10. The van der Waals surface area contributed by atoms with Crippen molar-refractivity contribution in [3.05, 3.63) is 58.1 Å². The molecule has 2 heterocycles. The molecule has 0 aromatic heterocycles. The van der Waals surface area contributed by atoms with Crippen molar-refractivity contribution in [1.29, 1.82) is 0 Å². The maximum atomic E-state index is 12.9. The molecular weight excluding hydrogens is 498 g/mol. The summed E-state index contributed by atoms with van der Waals surface area (Å²) in [6.07, 6.45) is 1.14. The fourth-order valence-electron chi connectivity index (χ4n) is 3.79. The highest BCUT2D eigenvalue weighted by atomic mass is 79.9. The van der Waals surface area contributed by atoms with Crippen molar-refractivity contribution in [2.45, 2.75) is 13.1 Å². The molecule has 2 aliphatic heterocycles. The fraction of sp³-hybridized carbons (Fsp3) is 0.409. The van der Waals surface area contributed by atoms with E-state index >= 15 is 0 Å². The van der Waals surface area contributed by atoms with Gasteiger partial charge in [-0.05, 0) is 35.4 Å². The van der Waals surface area contributed by atoms with Gasteiger partial charge in [0.1, 0.15) is 0 Å². The summed E-state index contributed by atoms with van der Waals surface area (Å²) in [4.78, 5) is 16.9. The molecule has 2 aromatic rings. The predicted octanol–water partition coefficient (Wildman–Crippen LogP) is 2.28. The number of piperazine rings is 1. The van der Waals surface area contributed by atoms with Gasteiger partial charge in [0.2, 0.25) is 22.7 Å². The number of hydrogen-bond donors (Lipinski definition) is 0. The molecule has 32 heavy (non-hydrogen) atoms. The van der Waals surface area contributed by atoms with Crippen molar-refractivity contribution in [1.82, 2.24) is 14.1 Å². The first-order chi connectivity index (χ1) is 15.3. The Morgan fingerprint density at radius 3 is 2.34 bits per heavy atom. The van der Waals surface area contributed by atoms with Crippen molar-refractivity contribution < 1.29 is 22.7 Å². The van der Waals surface area contributed by atoms with Gasteiger partial charge < -0.3 is 14.4 Å². The third-order valence-corrected chi connectivity index (χ3v) is 7.35. The minimum atomic E-state index is -3.52. The molecule has 2 aliphatic rings.